The minimum absolute atomic E-state index is 0.0598. The Bertz CT molecular complexity index is 681. The number of nitrogens with two attached hydrogens (primary N) is 2. The van der Waals surface area contributed by atoms with Crippen molar-refractivity contribution in [1.29, 1.82) is 0 Å². The van der Waals surface area contributed by atoms with E-state index < -0.39 is 43.1 Å². The summed E-state index contributed by atoms with van der Waals surface area (Å²) in [5.41, 5.74) is 9.29. The van der Waals surface area contributed by atoms with Crippen LogP contribution in [0.1, 0.15) is 12.8 Å². The highest BCUT2D eigenvalue weighted by Crippen LogP contribution is 2.41. The molecule has 5 atom stereocenters. The van der Waals surface area contributed by atoms with Gasteiger partial charge in [0.1, 0.15) is 18.0 Å². The molecule has 1 fully saturated rings. The van der Waals surface area contributed by atoms with E-state index >= 15 is 0 Å². The first-order valence-corrected chi connectivity index (χ1v) is 7.61. The van der Waals surface area contributed by atoms with Crippen molar-refractivity contribution in [2.45, 2.75) is 49.3 Å². The molecule has 0 radical (unpaired) electrons. The minimum atomic E-state index is -3.27. The van der Waals surface area contributed by atoms with Crippen molar-refractivity contribution in [3.05, 3.63) is 11.8 Å². The van der Waals surface area contributed by atoms with Gasteiger partial charge in [-0.2, -0.15) is 4.99 Å². The second-order valence-corrected chi connectivity index (χ2v) is 6.17. The molecule has 3 aliphatic rings. The normalized spacial score (nSPS) is 38.5. The van der Waals surface area contributed by atoms with Crippen LogP contribution in [0.2, 0.25) is 0 Å². The quantitative estimate of drug-likeness (QED) is 0.524. The summed E-state index contributed by atoms with van der Waals surface area (Å²) in [5.74, 6) is 0.0121. The molecule has 0 aromatic carbocycles. The van der Waals surface area contributed by atoms with E-state index in [1.807, 2.05) is 0 Å². The first-order chi connectivity index (χ1) is 11.8. The van der Waals surface area contributed by atoms with Crippen molar-refractivity contribution in [2.75, 3.05) is 6.61 Å². The maximum absolute atomic E-state index is 14.5. The zero-order chi connectivity index (χ0) is 18.4. The van der Waals surface area contributed by atoms with Gasteiger partial charge >= 0.3 is 0 Å². The Morgan fingerprint density at radius 2 is 2.08 bits per heavy atom. The highest BCUT2D eigenvalue weighted by Gasteiger charge is 2.61. The number of nitrogens with zero attached hydrogens (tertiary/aromatic N) is 3. The molecule has 3 aliphatic heterocycles. The molecule has 5 unspecified atom stereocenters. The van der Waals surface area contributed by atoms with Crippen LogP contribution >= 0.6 is 0 Å². The van der Waals surface area contributed by atoms with Crippen molar-refractivity contribution in [3.63, 3.8) is 0 Å². The molecular weight excluding hydrogens is 343 g/mol. The van der Waals surface area contributed by atoms with Crippen LogP contribution in [0.25, 0.3) is 0 Å². The van der Waals surface area contributed by atoms with E-state index in [0.29, 0.717) is 12.1 Å². The SMILES string of the molecule is NC1=NC2CC(C3OC(CO)(C(F)F)C(O)C3F)=CN=C(C2)C(N)=N1. The van der Waals surface area contributed by atoms with Gasteiger partial charge in [-0.25, -0.2) is 18.2 Å². The number of aliphatic imine (C=N–C) groups is 3. The zero-order valence-corrected chi connectivity index (χ0v) is 13.0. The van der Waals surface area contributed by atoms with E-state index in [9.17, 15) is 23.4 Å². The number of rotatable bonds is 3. The Morgan fingerprint density at radius 3 is 2.68 bits per heavy atom. The van der Waals surface area contributed by atoms with E-state index in [1.165, 1.54) is 6.20 Å². The minimum Gasteiger partial charge on any atom is -0.393 e. The summed E-state index contributed by atoms with van der Waals surface area (Å²) in [6.45, 7) is -1.22. The number of aliphatic hydroxyl groups excluding tert-OH is 2. The number of hydrogen-bond acceptors (Lipinski definition) is 8. The Balaban J connectivity index is 1.94. The second kappa shape index (κ2) is 6.39. The van der Waals surface area contributed by atoms with Crippen LogP contribution in [0.15, 0.2) is 26.8 Å². The Morgan fingerprint density at radius 1 is 1.36 bits per heavy atom. The van der Waals surface area contributed by atoms with Gasteiger partial charge in [0.25, 0.3) is 6.43 Å². The number of alkyl halides is 3. The highest BCUT2D eigenvalue weighted by atomic mass is 19.3. The third-order valence-electron chi connectivity index (χ3n) is 4.55. The van der Waals surface area contributed by atoms with Crippen LogP contribution in [0.5, 0.6) is 0 Å². The van der Waals surface area contributed by atoms with Crippen LogP contribution in [-0.4, -0.2) is 70.8 Å². The number of guanidine groups is 1. The first-order valence-electron chi connectivity index (χ1n) is 7.61. The molecule has 6 N–H and O–H groups in total. The Hall–Kier alpha value is -1.98. The van der Waals surface area contributed by atoms with Gasteiger partial charge in [-0.3, -0.25) is 4.99 Å². The van der Waals surface area contributed by atoms with E-state index in [-0.39, 0.29) is 23.8 Å². The van der Waals surface area contributed by atoms with Crippen molar-refractivity contribution in [1.82, 2.24) is 0 Å². The monoisotopic (exact) mass is 361 g/mol. The highest BCUT2D eigenvalue weighted by molar-refractivity contribution is 6.42. The van der Waals surface area contributed by atoms with Crippen molar-refractivity contribution < 1.29 is 28.1 Å². The molecule has 0 spiro atoms. The van der Waals surface area contributed by atoms with Crippen LogP contribution in [0, 0.1) is 0 Å². The third kappa shape index (κ3) is 2.92. The fourth-order valence-electron chi connectivity index (χ4n) is 3.16. The third-order valence-corrected chi connectivity index (χ3v) is 4.55. The lowest BCUT2D eigenvalue weighted by atomic mass is 9.93. The lowest BCUT2D eigenvalue weighted by molar-refractivity contribution is -0.181. The predicted octanol–water partition coefficient (Wildman–Crippen LogP) is -0.747. The van der Waals surface area contributed by atoms with Crippen LogP contribution in [0.3, 0.4) is 0 Å². The Labute approximate surface area is 140 Å². The fraction of sp³-hybridized carbons (Fsp3) is 0.643. The molecule has 2 bridgehead atoms. The average molecular weight is 361 g/mol. The summed E-state index contributed by atoms with van der Waals surface area (Å²) in [5, 5.41) is 19.1. The Kier molecular flexibility index (Phi) is 4.56. The second-order valence-electron chi connectivity index (χ2n) is 6.17. The summed E-state index contributed by atoms with van der Waals surface area (Å²) in [6, 6.07) is -0.471. The van der Waals surface area contributed by atoms with Gasteiger partial charge < -0.3 is 26.4 Å². The number of ether oxygens (including phenoxy) is 1. The summed E-state index contributed by atoms with van der Waals surface area (Å²) < 4.78 is 46.2. The van der Waals surface area contributed by atoms with Gasteiger partial charge in [-0.1, -0.05) is 0 Å². The van der Waals surface area contributed by atoms with Gasteiger partial charge in [0.05, 0.1) is 18.4 Å². The predicted molar refractivity (Wildman–Crippen MR) is 83.4 cm³/mol. The molecule has 0 aromatic heterocycles. The molecule has 11 heteroatoms. The van der Waals surface area contributed by atoms with Crippen molar-refractivity contribution in [3.8, 4) is 0 Å². The lowest BCUT2D eigenvalue weighted by Crippen LogP contribution is -2.51. The average Bonchev–Trinajstić information content (AvgIpc) is 2.71. The molecule has 0 aromatic rings. The molecule has 3 heterocycles. The number of fused-ring (bicyclic) bond motifs is 2. The fourth-order valence-corrected chi connectivity index (χ4v) is 3.16. The zero-order valence-electron chi connectivity index (χ0n) is 13.0. The molecule has 1 saturated heterocycles. The first kappa shape index (κ1) is 17.8. The van der Waals surface area contributed by atoms with Gasteiger partial charge in [-0.05, 0) is 12.0 Å². The number of aliphatic hydroxyl groups is 2. The maximum atomic E-state index is 14.5. The summed E-state index contributed by atoms with van der Waals surface area (Å²) >= 11 is 0. The van der Waals surface area contributed by atoms with E-state index in [4.69, 9.17) is 16.2 Å². The van der Waals surface area contributed by atoms with Crippen LogP contribution in [0.4, 0.5) is 13.2 Å². The van der Waals surface area contributed by atoms with E-state index in [1.54, 1.807) is 0 Å². The largest absolute Gasteiger partial charge is 0.393 e. The van der Waals surface area contributed by atoms with E-state index in [2.05, 4.69) is 15.0 Å². The van der Waals surface area contributed by atoms with Crippen LogP contribution in [-0.2, 0) is 4.74 Å². The molecule has 0 aliphatic carbocycles. The number of halogens is 3. The van der Waals surface area contributed by atoms with Gasteiger partial charge in [-0.15, -0.1) is 0 Å². The van der Waals surface area contributed by atoms with Gasteiger partial charge in [0, 0.05) is 12.6 Å². The topological polar surface area (TPSA) is 139 Å². The summed E-state index contributed by atoms with van der Waals surface area (Å²) in [7, 11) is 0. The van der Waals surface area contributed by atoms with Gasteiger partial charge in [0.2, 0.25) is 5.96 Å². The summed E-state index contributed by atoms with van der Waals surface area (Å²) in [6.07, 6.45) is -7.43. The van der Waals surface area contributed by atoms with Crippen molar-refractivity contribution in [2.24, 2.45) is 26.4 Å². The van der Waals surface area contributed by atoms with Gasteiger partial charge in [0.15, 0.2) is 11.8 Å². The number of hydrogen-bond donors (Lipinski definition) is 4. The molecule has 138 valence electrons. The maximum Gasteiger partial charge on any atom is 0.272 e. The van der Waals surface area contributed by atoms with E-state index in [0.717, 1.165) is 0 Å². The molecule has 0 amide bonds. The molecular formula is C14H18F3N5O3. The summed E-state index contributed by atoms with van der Waals surface area (Å²) in [4.78, 5) is 12.1. The van der Waals surface area contributed by atoms with Crippen molar-refractivity contribution >= 4 is 17.5 Å². The van der Waals surface area contributed by atoms with Crippen LogP contribution < -0.4 is 11.5 Å². The molecule has 0 saturated carbocycles. The standard InChI is InChI=1S/C14H18F3N5O3/c15-8-9(25-14(4-23,10(8)24)12(16)17)5-1-6-2-7(20-3-5)11(18)22-13(19)21-6/h3,6,8-10,12,23-24H,1-2,4H2,(H4,18,19,21,22). The lowest BCUT2D eigenvalue weighted by Gasteiger charge is -2.28. The smallest absolute Gasteiger partial charge is 0.272 e. The molecule has 25 heavy (non-hydrogen) atoms. The molecule has 8 nitrogen and oxygen atoms in total. The number of amidine groups is 1. The molecule has 3 rings (SSSR count).